The molecule has 2 aliphatic rings. The van der Waals surface area contributed by atoms with Crippen molar-refractivity contribution in [2.75, 3.05) is 20.1 Å². The maximum absolute atomic E-state index is 6.21. The zero-order chi connectivity index (χ0) is 13.9. The summed E-state index contributed by atoms with van der Waals surface area (Å²) in [4.78, 5) is 2.64. The highest BCUT2D eigenvalue weighted by molar-refractivity contribution is 4.97. The molecule has 112 valence electrons. The van der Waals surface area contributed by atoms with Crippen LogP contribution in [0.15, 0.2) is 0 Å². The van der Waals surface area contributed by atoms with Gasteiger partial charge in [0.15, 0.2) is 0 Å². The van der Waals surface area contributed by atoms with Crippen molar-refractivity contribution in [2.45, 2.75) is 70.8 Å². The third-order valence-electron chi connectivity index (χ3n) is 6.18. The second kappa shape index (κ2) is 6.58. The predicted octanol–water partition coefficient (Wildman–Crippen LogP) is 3.65. The van der Waals surface area contributed by atoms with Crippen LogP contribution in [0.1, 0.15) is 65.2 Å². The average Bonchev–Trinajstić information content (AvgIpc) is 2.43. The van der Waals surface area contributed by atoms with Crippen LogP contribution >= 0.6 is 0 Å². The zero-order valence-corrected chi connectivity index (χ0v) is 13.3. The third-order valence-corrected chi connectivity index (χ3v) is 6.18. The molecule has 2 N–H and O–H groups in total. The Bertz CT molecular complexity index is 272. The van der Waals surface area contributed by atoms with Gasteiger partial charge in [0.1, 0.15) is 0 Å². The Kier molecular flexibility index (Phi) is 5.30. The number of nitrogens with two attached hydrogens (primary N) is 1. The molecule has 0 radical (unpaired) electrons. The molecule has 0 saturated heterocycles. The van der Waals surface area contributed by atoms with Crippen LogP contribution in [-0.4, -0.2) is 30.6 Å². The minimum atomic E-state index is 0.295. The van der Waals surface area contributed by atoms with E-state index in [1.54, 1.807) is 0 Å². The van der Waals surface area contributed by atoms with E-state index in [2.05, 4.69) is 25.8 Å². The highest BCUT2D eigenvalue weighted by Crippen LogP contribution is 2.39. The van der Waals surface area contributed by atoms with Gasteiger partial charge in [-0.3, -0.25) is 4.90 Å². The fraction of sp³-hybridized carbons (Fsp3) is 1.00. The van der Waals surface area contributed by atoms with Crippen LogP contribution in [0.25, 0.3) is 0 Å². The molecular formula is C17H34N2. The Morgan fingerprint density at radius 1 is 1.05 bits per heavy atom. The molecule has 2 aliphatic carbocycles. The number of likely N-dealkylation sites (N-methyl/N-ethyl adjacent to an activating group) is 1. The lowest BCUT2D eigenvalue weighted by molar-refractivity contribution is 0.0260. The molecule has 19 heavy (non-hydrogen) atoms. The summed E-state index contributed by atoms with van der Waals surface area (Å²) in [5, 5.41) is 0. The zero-order valence-electron chi connectivity index (χ0n) is 13.3. The summed E-state index contributed by atoms with van der Waals surface area (Å²) in [6.45, 7) is 6.94. The summed E-state index contributed by atoms with van der Waals surface area (Å²) in [6, 6.07) is 0. The molecule has 2 heteroatoms. The quantitative estimate of drug-likeness (QED) is 0.841. The van der Waals surface area contributed by atoms with Gasteiger partial charge in [0.25, 0.3) is 0 Å². The lowest BCUT2D eigenvalue weighted by atomic mass is 9.70. The summed E-state index contributed by atoms with van der Waals surface area (Å²) >= 11 is 0. The smallest absolute Gasteiger partial charge is 0.0331 e. The van der Waals surface area contributed by atoms with Crippen molar-refractivity contribution in [3.05, 3.63) is 0 Å². The molecule has 2 fully saturated rings. The van der Waals surface area contributed by atoms with Crippen LogP contribution in [0.5, 0.6) is 0 Å². The van der Waals surface area contributed by atoms with Crippen LogP contribution in [0.3, 0.4) is 0 Å². The first-order valence-corrected chi connectivity index (χ1v) is 8.49. The summed E-state index contributed by atoms with van der Waals surface area (Å²) in [6.07, 6.45) is 11.2. The molecule has 0 aromatic heterocycles. The lowest BCUT2D eigenvalue weighted by Gasteiger charge is -2.49. The van der Waals surface area contributed by atoms with Crippen molar-refractivity contribution in [1.29, 1.82) is 0 Å². The van der Waals surface area contributed by atoms with Gasteiger partial charge in [-0.25, -0.2) is 0 Å². The van der Waals surface area contributed by atoms with Crippen LogP contribution in [0.4, 0.5) is 0 Å². The van der Waals surface area contributed by atoms with Crippen LogP contribution in [0.2, 0.25) is 0 Å². The first-order valence-electron chi connectivity index (χ1n) is 8.49. The average molecular weight is 266 g/mol. The number of hydrogen-bond donors (Lipinski definition) is 1. The van der Waals surface area contributed by atoms with Crippen molar-refractivity contribution in [2.24, 2.45) is 23.5 Å². The summed E-state index contributed by atoms with van der Waals surface area (Å²) < 4.78 is 0. The third kappa shape index (κ3) is 3.52. The summed E-state index contributed by atoms with van der Waals surface area (Å²) in [5.41, 5.74) is 6.51. The molecule has 0 aliphatic heterocycles. The minimum absolute atomic E-state index is 0.295. The summed E-state index contributed by atoms with van der Waals surface area (Å²) in [7, 11) is 2.34. The van der Waals surface area contributed by atoms with E-state index < -0.39 is 0 Å². The molecule has 0 aromatic rings. The van der Waals surface area contributed by atoms with Gasteiger partial charge in [-0.1, -0.05) is 33.1 Å². The Morgan fingerprint density at radius 3 is 2.32 bits per heavy atom. The first-order chi connectivity index (χ1) is 9.07. The SMILES string of the molecule is CC1CCC(CN)(N(C)CC2CCCCC2)CC1C. The Morgan fingerprint density at radius 2 is 1.74 bits per heavy atom. The van der Waals surface area contributed by atoms with E-state index >= 15 is 0 Å². The molecule has 3 unspecified atom stereocenters. The van der Waals surface area contributed by atoms with Gasteiger partial charge < -0.3 is 5.73 Å². The normalized spacial score (nSPS) is 37.7. The van der Waals surface area contributed by atoms with Crippen molar-refractivity contribution >= 4 is 0 Å². The standard InChI is InChI=1S/C17H34N2/c1-14-9-10-17(13-18,11-15(14)2)19(3)12-16-7-5-4-6-8-16/h14-16H,4-13,18H2,1-3H3. The van der Waals surface area contributed by atoms with Gasteiger partial charge in [-0.15, -0.1) is 0 Å². The monoisotopic (exact) mass is 266 g/mol. The van der Waals surface area contributed by atoms with E-state index in [0.29, 0.717) is 5.54 Å². The molecule has 2 nitrogen and oxygen atoms in total. The van der Waals surface area contributed by atoms with Gasteiger partial charge >= 0.3 is 0 Å². The fourth-order valence-corrected chi connectivity index (χ4v) is 4.32. The molecule has 0 aromatic carbocycles. The van der Waals surface area contributed by atoms with Crippen LogP contribution in [0, 0.1) is 17.8 Å². The van der Waals surface area contributed by atoms with Gasteiger partial charge in [0.05, 0.1) is 0 Å². The number of nitrogens with zero attached hydrogens (tertiary/aromatic N) is 1. The summed E-state index contributed by atoms with van der Waals surface area (Å²) in [5.74, 6) is 2.63. The van der Waals surface area contributed by atoms with E-state index in [0.717, 1.165) is 24.3 Å². The van der Waals surface area contributed by atoms with E-state index in [1.165, 1.54) is 57.9 Å². The largest absolute Gasteiger partial charge is 0.329 e. The molecule has 0 spiro atoms. The molecular weight excluding hydrogens is 232 g/mol. The molecule has 0 bridgehead atoms. The number of hydrogen-bond acceptors (Lipinski definition) is 2. The second-order valence-corrected chi connectivity index (χ2v) is 7.51. The first kappa shape index (κ1) is 15.3. The fourth-order valence-electron chi connectivity index (χ4n) is 4.32. The van der Waals surface area contributed by atoms with Gasteiger partial charge in [-0.05, 0) is 56.9 Å². The van der Waals surface area contributed by atoms with Crippen LogP contribution < -0.4 is 5.73 Å². The highest BCUT2D eigenvalue weighted by Gasteiger charge is 2.40. The van der Waals surface area contributed by atoms with E-state index in [1.807, 2.05) is 0 Å². The van der Waals surface area contributed by atoms with E-state index in [4.69, 9.17) is 5.73 Å². The van der Waals surface area contributed by atoms with Crippen molar-refractivity contribution in [3.8, 4) is 0 Å². The molecule has 2 rings (SSSR count). The Hall–Kier alpha value is -0.0800. The van der Waals surface area contributed by atoms with Gasteiger partial charge in [-0.2, -0.15) is 0 Å². The highest BCUT2D eigenvalue weighted by atomic mass is 15.2. The van der Waals surface area contributed by atoms with E-state index in [-0.39, 0.29) is 0 Å². The lowest BCUT2D eigenvalue weighted by Crippen LogP contribution is -2.56. The Labute approximate surface area is 120 Å². The van der Waals surface area contributed by atoms with Crippen LogP contribution in [-0.2, 0) is 0 Å². The van der Waals surface area contributed by atoms with Gasteiger partial charge in [0, 0.05) is 18.6 Å². The van der Waals surface area contributed by atoms with Gasteiger partial charge in [0.2, 0.25) is 0 Å². The maximum Gasteiger partial charge on any atom is 0.0331 e. The maximum atomic E-state index is 6.21. The van der Waals surface area contributed by atoms with Crippen molar-refractivity contribution < 1.29 is 0 Å². The Balaban J connectivity index is 1.95. The van der Waals surface area contributed by atoms with Crippen molar-refractivity contribution in [1.82, 2.24) is 4.90 Å². The minimum Gasteiger partial charge on any atom is -0.329 e. The molecule has 3 atom stereocenters. The molecule has 0 amide bonds. The van der Waals surface area contributed by atoms with E-state index in [9.17, 15) is 0 Å². The number of rotatable bonds is 4. The molecule has 0 heterocycles. The predicted molar refractivity (Wildman–Crippen MR) is 83.2 cm³/mol. The second-order valence-electron chi connectivity index (χ2n) is 7.51. The van der Waals surface area contributed by atoms with Crippen molar-refractivity contribution in [3.63, 3.8) is 0 Å². The molecule has 2 saturated carbocycles. The topological polar surface area (TPSA) is 29.3 Å².